The molecule has 0 aliphatic carbocycles. The monoisotopic (exact) mass is 233 g/mol. The molecule has 0 atom stereocenters. The summed E-state index contributed by atoms with van der Waals surface area (Å²) < 4.78 is 5.82. The number of likely N-dealkylation sites (N-methyl/N-ethyl adjacent to an activating group) is 1. The highest BCUT2D eigenvalue weighted by atomic mass is 16.5. The number of nitrogens with one attached hydrogen (secondary N) is 1. The first-order chi connectivity index (χ1) is 8.15. The number of para-hydroxylation sites is 1. The van der Waals surface area contributed by atoms with Crippen LogP contribution in [0, 0.1) is 0 Å². The average molecular weight is 233 g/mol. The predicted octanol–water partition coefficient (Wildman–Crippen LogP) is 3.35. The Bertz CT molecular complexity index is 358. The fourth-order valence-electron chi connectivity index (χ4n) is 1.62. The Balaban J connectivity index is 2.54. The van der Waals surface area contributed by atoms with Gasteiger partial charge in [-0.3, -0.25) is 0 Å². The number of rotatable bonds is 7. The molecular formula is C15H23NO. The fourth-order valence-corrected chi connectivity index (χ4v) is 1.62. The second-order valence-electron chi connectivity index (χ2n) is 4.51. The van der Waals surface area contributed by atoms with Crippen LogP contribution in [-0.4, -0.2) is 19.7 Å². The maximum absolute atomic E-state index is 5.82. The molecule has 1 N–H and O–H groups in total. The molecule has 0 saturated heterocycles. The van der Waals surface area contributed by atoms with Crippen LogP contribution in [0.4, 0.5) is 0 Å². The van der Waals surface area contributed by atoms with Crippen LogP contribution in [0.2, 0.25) is 0 Å². The summed E-state index contributed by atoms with van der Waals surface area (Å²) in [6.45, 7) is 12.8. The predicted molar refractivity (Wildman–Crippen MR) is 73.7 cm³/mol. The Morgan fingerprint density at radius 2 is 2.06 bits per heavy atom. The lowest BCUT2D eigenvalue weighted by Gasteiger charge is -2.14. The SMILES string of the molecule is C=C(CNCC)COc1ccccc1C(C)C. The molecule has 0 spiro atoms. The van der Waals surface area contributed by atoms with Gasteiger partial charge in [0.2, 0.25) is 0 Å². The summed E-state index contributed by atoms with van der Waals surface area (Å²) in [4.78, 5) is 0. The van der Waals surface area contributed by atoms with Crippen molar-refractivity contribution in [2.24, 2.45) is 0 Å². The highest BCUT2D eigenvalue weighted by molar-refractivity contribution is 5.35. The molecule has 2 heteroatoms. The molecule has 0 fully saturated rings. The third-order valence-corrected chi connectivity index (χ3v) is 2.60. The number of hydrogen-bond donors (Lipinski definition) is 1. The second-order valence-corrected chi connectivity index (χ2v) is 4.51. The van der Waals surface area contributed by atoms with E-state index in [0.717, 1.165) is 24.4 Å². The van der Waals surface area contributed by atoms with E-state index in [1.54, 1.807) is 0 Å². The van der Waals surface area contributed by atoms with Gasteiger partial charge in [-0.15, -0.1) is 0 Å². The summed E-state index contributed by atoms with van der Waals surface area (Å²) in [5.41, 5.74) is 2.33. The van der Waals surface area contributed by atoms with Crippen molar-refractivity contribution in [3.05, 3.63) is 42.0 Å². The van der Waals surface area contributed by atoms with Crippen LogP contribution >= 0.6 is 0 Å². The van der Waals surface area contributed by atoms with Crippen LogP contribution in [0.15, 0.2) is 36.4 Å². The topological polar surface area (TPSA) is 21.3 Å². The maximum atomic E-state index is 5.82. The van der Waals surface area contributed by atoms with Crippen LogP contribution in [-0.2, 0) is 0 Å². The lowest BCUT2D eigenvalue weighted by Crippen LogP contribution is -2.19. The molecule has 0 amide bonds. The second kappa shape index (κ2) is 7.13. The van der Waals surface area contributed by atoms with Gasteiger partial charge < -0.3 is 10.1 Å². The molecule has 2 nitrogen and oxygen atoms in total. The highest BCUT2D eigenvalue weighted by Gasteiger charge is 2.06. The van der Waals surface area contributed by atoms with Gasteiger partial charge in [0.15, 0.2) is 0 Å². The molecule has 0 saturated carbocycles. The molecule has 0 aliphatic heterocycles. The molecule has 17 heavy (non-hydrogen) atoms. The van der Waals surface area contributed by atoms with Gasteiger partial charge in [0, 0.05) is 6.54 Å². The smallest absolute Gasteiger partial charge is 0.123 e. The van der Waals surface area contributed by atoms with Crippen molar-refractivity contribution < 1.29 is 4.74 Å². The zero-order valence-electron chi connectivity index (χ0n) is 11.1. The highest BCUT2D eigenvalue weighted by Crippen LogP contribution is 2.25. The van der Waals surface area contributed by atoms with E-state index in [0.29, 0.717) is 12.5 Å². The maximum Gasteiger partial charge on any atom is 0.123 e. The van der Waals surface area contributed by atoms with Gasteiger partial charge in [-0.05, 0) is 29.7 Å². The molecule has 0 bridgehead atoms. The molecule has 0 radical (unpaired) electrons. The molecule has 0 aromatic heterocycles. The van der Waals surface area contributed by atoms with Gasteiger partial charge in [-0.25, -0.2) is 0 Å². The standard InChI is InChI=1S/C15H23NO/c1-5-16-10-13(4)11-17-15-9-7-6-8-14(15)12(2)3/h6-9,12,16H,4-5,10-11H2,1-3H3. The Labute approximate surface area is 105 Å². The van der Waals surface area contributed by atoms with Crippen molar-refractivity contribution in [1.82, 2.24) is 5.32 Å². The summed E-state index contributed by atoms with van der Waals surface area (Å²) in [6.07, 6.45) is 0. The number of hydrogen-bond acceptors (Lipinski definition) is 2. The summed E-state index contributed by atoms with van der Waals surface area (Å²) in [5, 5.41) is 3.24. The van der Waals surface area contributed by atoms with E-state index in [9.17, 15) is 0 Å². The van der Waals surface area contributed by atoms with Crippen molar-refractivity contribution in [3.63, 3.8) is 0 Å². The van der Waals surface area contributed by atoms with Crippen LogP contribution in [0.25, 0.3) is 0 Å². The summed E-state index contributed by atoms with van der Waals surface area (Å²) in [7, 11) is 0. The lowest BCUT2D eigenvalue weighted by atomic mass is 10.0. The first-order valence-electron chi connectivity index (χ1n) is 6.24. The quantitative estimate of drug-likeness (QED) is 0.729. The Hall–Kier alpha value is -1.28. The fraction of sp³-hybridized carbons (Fsp3) is 0.467. The first-order valence-corrected chi connectivity index (χ1v) is 6.24. The lowest BCUT2D eigenvalue weighted by molar-refractivity contribution is 0.343. The zero-order valence-corrected chi connectivity index (χ0v) is 11.1. The molecule has 0 aliphatic rings. The largest absolute Gasteiger partial charge is 0.489 e. The van der Waals surface area contributed by atoms with Gasteiger partial charge >= 0.3 is 0 Å². The minimum absolute atomic E-state index is 0.480. The first kappa shape index (κ1) is 13.8. The molecule has 94 valence electrons. The van der Waals surface area contributed by atoms with Crippen LogP contribution < -0.4 is 10.1 Å². The average Bonchev–Trinajstić information content (AvgIpc) is 2.34. The van der Waals surface area contributed by atoms with Crippen molar-refractivity contribution in [1.29, 1.82) is 0 Å². The van der Waals surface area contributed by atoms with Gasteiger partial charge in [0.25, 0.3) is 0 Å². The van der Waals surface area contributed by atoms with Crippen molar-refractivity contribution in [3.8, 4) is 5.75 Å². The zero-order chi connectivity index (χ0) is 12.7. The summed E-state index contributed by atoms with van der Waals surface area (Å²) in [6, 6.07) is 8.20. The summed E-state index contributed by atoms with van der Waals surface area (Å²) in [5.74, 6) is 1.45. The molecule has 0 heterocycles. The molecule has 0 unspecified atom stereocenters. The van der Waals surface area contributed by atoms with Crippen LogP contribution in [0.1, 0.15) is 32.3 Å². The van der Waals surface area contributed by atoms with Gasteiger partial charge in [-0.2, -0.15) is 0 Å². The van der Waals surface area contributed by atoms with E-state index in [2.05, 4.69) is 44.8 Å². The molecular weight excluding hydrogens is 210 g/mol. The van der Waals surface area contributed by atoms with Gasteiger partial charge in [-0.1, -0.05) is 45.5 Å². The minimum atomic E-state index is 0.480. The normalized spacial score (nSPS) is 10.6. The van der Waals surface area contributed by atoms with E-state index in [-0.39, 0.29) is 0 Å². The van der Waals surface area contributed by atoms with E-state index in [1.165, 1.54) is 5.56 Å². The van der Waals surface area contributed by atoms with Crippen molar-refractivity contribution in [2.75, 3.05) is 19.7 Å². The van der Waals surface area contributed by atoms with Gasteiger partial charge in [0.1, 0.15) is 12.4 Å². The van der Waals surface area contributed by atoms with Crippen molar-refractivity contribution in [2.45, 2.75) is 26.7 Å². The van der Waals surface area contributed by atoms with Crippen molar-refractivity contribution >= 4 is 0 Å². The number of benzene rings is 1. The number of ether oxygens (including phenoxy) is 1. The van der Waals surface area contributed by atoms with E-state index < -0.39 is 0 Å². The Kier molecular flexibility index (Phi) is 5.78. The van der Waals surface area contributed by atoms with E-state index in [4.69, 9.17) is 4.74 Å². The molecule has 1 aromatic rings. The molecule has 1 aromatic carbocycles. The van der Waals surface area contributed by atoms with E-state index >= 15 is 0 Å². The minimum Gasteiger partial charge on any atom is -0.489 e. The van der Waals surface area contributed by atoms with Crippen LogP contribution in [0.5, 0.6) is 5.75 Å². The summed E-state index contributed by atoms with van der Waals surface area (Å²) >= 11 is 0. The van der Waals surface area contributed by atoms with Gasteiger partial charge in [0.05, 0.1) is 0 Å². The van der Waals surface area contributed by atoms with E-state index in [1.807, 2.05) is 12.1 Å². The van der Waals surface area contributed by atoms with Crippen LogP contribution in [0.3, 0.4) is 0 Å². The third-order valence-electron chi connectivity index (χ3n) is 2.60. The third kappa shape index (κ3) is 4.61. The molecule has 1 rings (SSSR count). The Morgan fingerprint density at radius 1 is 1.35 bits per heavy atom. The Morgan fingerprint density at radius 3 is 2.71 bits per heavy atom.